The lowest BCUT2D eigenvalue weighted by Gasteiger charge is -2.33. The summed E-state index contributed by atoms with van der Waals surface area (Å²) >= 11 is 0. The second kappa shape index (κ2) is 6.23. The molecule has 0 saturated heterocycles. The van der Waals surface area contributed by atoms with E-state index in [1.165, 1.54) is 7.05 Å². The van der Waals surface area contributed by atoms with Gasteiger partial charge in [-0.1, -0.05) is 12.8 Å². The highest BCUT2D eigenvalue weighted by Crippen LogP contribution is 2.37. The predicted octanol–water partition coefficient (Wildman–Crippen LogP) is 1.83. The summed E-state index contributed by atoms with van der Waals surface area (Å²) < 4.78 is 38.2. The minimum Gasteiger partial charge on any atom is -0.359 e. The highest BCUT2D eigenvalue weighted by atomic mass is 19.4. The Morgan fingerprint density at radius 2 is 1.94 bits per heavy atom. The molecular weight excluding hydrogens is 233 g/mol. The van der Waals surface area contributed by atoms with Crippen LogP contribution in [0.15, 0.2) is 0 Å². The maximum atomic E-state index is 12.7. The van der Waals surface area contributed by atoms with Gasteiger partial charge in [0.05, 0.1) is 5.92 Å². The number of alkyl halides is 3. The molecule has 3 nitrogen and oxygen atoms in total. The summed E-state index contributed by atoms with van der Waals surface area (Å²) in [4.78, 5) is 11.0. The molecule has 0 aliphatic heterocycles. The van der Waals surface area contributed by atoms with Crippen molar-refractivity contribution in [3.8, 4) is 0 Å². The predicted molar refractivity (Wildman–Crippen MR) is 58.5 cm³/mol. The maximum absolute atomic E-state index is 12.7. The first-order chi connectivity index (χ1) is 7.95. The Hall–Kier alpha value is -0.780. The van der Waals surface area contributed by atoms with Crippen LogP contribution in [-0.4, -0.2) is 31.7 Å². The third-order valence-electron chi connectivity index (χ3n) is 3.22. The van der Waals surface area contributed by atoms with Gasteiger partial charge in [-0.05, 0) is 12.8 Å². The molecule has 2 atom stereocenters. The minimum absolute atomic E-state index is 0.156. The van der Waals surface area contributed by atoms with E-state index in [2.05, 4.69) is 10.6 Å². The molecule has 1 saturated carbocycles. The van der Waals surface area contributed by atoms with Crippen LogP contribution in [0.5, 0.6) is 0 Å². The number of amides is 1. The summed E-state index contributed by atoms with van der Waals surface area (Å²) in [5.74, 6) is -1.42. The lowest BCUT2D eigenvalue weighted by atomic mass is 9.84. The molecule has 1 aliphatic carbocycles. The normalized spacial score (nSPS) is 25.6. The number of nitrogens with one attached hydrogen (secondary N) is 2. The van der Waals surface area contributed by atoms with Crippen LogP contribution in [0.25, 0.3) is 0 Å². The molecule has 1 fully saturated rings. The van der Waals surface area contributed by atoms with Gasteiger partial charge in [0.25, 0.3) is 0 Å². The van der Waals surface area contributed by atoms with Gasteiger partial charge < -0.3 is 10.6 Å². The molecule has 1 aliphatic rings. The number of carbonyl (C=O) groups is 1. The molecule has 6 heteroatoms. The van der Waals surface area contributed by atoms with E-state index >= 15 is 0 Å². The van der Waals surface area contributed by atoms with Gasteiger partial charge in [0.2, 0.25) is 5.91 Å². The van der Waals surface area contributed by atoms with E-state index in [1.54, 1.807) is 0 Å². The van der Waals surface area contributed by atoms with Crippen molar-refractivity contribution in [1.29, 1.82) is 0 Å². The second-order valence-electron chi connectivity index (χ2n) is 4.42. The lowest BCUT2D eigenvalue weighted by molar-refractivity contribution is -0.188. The van der Waals surface area contributed by atoms with E-state index in [0.29, 0.717) is 19.4 Å². The van der Waals surface area contributed by atoms with Crippen LogP contribution in [0.2, 0.25) is 0 Å². The molecular formula is C11H19F3N2O. The summed E-state index contributed by atoms with van der Waals surface area (Å²) in [6.45, 7) is 0.302. The zero-order valence-electron chi connectivity index (χ0n) is 9.94. The van der Waals surface area contributed by atoms with Crippen molar-refractivity contribution in [2.24, 2.45) is 5.92 Å². The molecule has 0 radical (unpaired) electrons. The van der Waals surface area contributed by atoms with Gasteiger partial charge in [-0.2, -0.15) is 13.2 Å². The third kappa shape index (κ3) is 4.53. The first kappa shape index (κ1) is 14.3. The number of carbonyl (C=O) groups excluding carboxylic acids is 1. The largest absolute Gasteiger partial charge is 0.393 e. The van der Waals surface area contributed by atoms with Gasteiger partial charge in [-0.15, -0.1) is 0 Å². The first-order valence-corrected chi connectivity index (χ1v) is 5.96. The van der Waals surface area contributed by atoms with Crippen LogP contribution in [0, 0.1) is 5.92 Å². The topological polar surface area (TPSA) is 41.1 Å². The van der Waals surface area contributed by atoms with Gasteiger partial charge in [0.1, 0.15) is 0 Å². The fourth-order valence-corrected chi connectivity index (χ4v) is 2.26. The Morgan fingerprint density at radius 3 is 2.53 bits per heavy atom. The van der Waals surface area contributed by atoms with Crippen molar-refractivity contribution < 1.29 is 18.0 Å². The smallest absolute Gasteiger partial charge is 0.359 e. The Balaban J connectivity index is 2.41. The average Bonchev–Trinajstić information content (AvgIpc) is 2.28. The van der Waals surface area contributed by atoms with Crippen molar-refractivity contribution in [2.75, 3.05) is 13.6 Å². The van der Waals surface area contributed by atoms with Crippen molar-refractivity contribution in [1.82, 2.24) is 10.6 Å². The molecule has 0 aromatic rings. The van der Waals surface area contributed by atoms with E-state index in [4.69, 9.17) is 0 Å². The maximum Gasteiger partial charge on any atom is 0.393 e. The lowest BCUT2D eigenvalue weighted by Crippen LogP contribution is -2.46. The zero-order chi connectivity index (χ0) is 12.9. The van der Waals surface area contributed by atoms with Gasteiger partial charge in [-0.3, -0.25) is 4.79 Å². The molecule has 2 N–H and O–H groups in total. The van der Waals surface area contributed by atoms with Gasteiger partial charge in [0, 0.05) is 26.1 Å². The SMILES string of the molecule is CNC(=O)CCNC1CCCCC1C(F)(F)F. The van der Waals surface area contributed by atoms with Gasteiger partial charge in [0.15, 0.2) is 0 Å². The molecule has 0 aromatic heterocycles. The van der Waals surface area contributed by atoms with Crippen molar-refractivity contribution in [3.63, 3.8) is 0 Å². The monoisotopic (exact) mass is 252 g/mol. The summed E-state index contributed by atoms with van der Waals surface area (Å²) in [5.41, 5.74) is 0. The van der Waals surface area contributed by atoms with E-state index in [0.717, 1.165) is 6.42 Å². The molecule has 0 bridgehead atoms. The standard InChI is InChI=1S/C11H19F3N2O/c1-15-10(17)6-7-16-9-5-3-2-4-8(9)11(12,13)14/h8-9,16H,2-7H2,1H3,(H,15,17). The Kier molecular flexibility index (Phi) is 5.24. The van der Waals surface area contributed by atoms with Crippen LogP contribution in [0.3, 0.4) is 0 Å². The summed E-state index contributed by atoms with van der Waals surface area (Å²) in [6.07, 6.45) is -1.72. The zero-order valence-corrected chi connectivity index (χ0v) is 9.94. The second-order valence-corrected chi connectivity index (χ2v) is 4.42. The number of hydrogen-bond donors (Lipinski definition) is 2. The van der Waals surface area contributed by atoms with Crippen LogP contribution >= 0.6 is 0 Å². The number of rotatable bonds is 4. The van der Waals surface area contributed by atoms with Crippen molar-refractivity contribution >= 4 is 5.91 Å². The number of halogens is 3. The van der Waals surface area contributed by atoms with Crippen molar-refractivity contribution in [3.05, 3.63) is 0 Å². The van der Waals surface area contributed by atoms with E-state index < -0.39 is 18.1 Å². The highest BCUT2D eigenvalue weighted by molar-refractivity contribution is 5.75. The van der Waals surface area contributed by atoms with Crippen molar-refractivity contribution in [2.45, 2.75) is 44.3 Å². The molecule has 17 heavy (non-hydrogen) atoms. The average molecular weight is 252 g/mol. The third-order valence-corrected chi connectivity index (χ3v) is 3.22. The Labute approximate surface area is 99.1 Å². The molecule has 0 aromatic carbocycles. The minimum atomic E-state index is -4.13. The summed E-state index contributed by atoms with van der Waals surface area (Å²) in [5, 5.41) is 5.31. The van der Waals surface area contributed by atoms with Crippen LogP contribution in [-0.2, 0) is 4.79 Å². The van der Waals surface area contributed by atoms with E-state index in [1.807, 2.05) is 0 Å². The quantitative estimate of drug-likeness (QED) is 0.801. The van der Waals surface area contributed by atoms with E-state index in [-0.39, 0.29) is 18.7 Å². The van der Waals surface area contributed by atoms with Crippen LogP contribution < -0.4 is 10.6 Å². The van der Waals surface area contributed by atoms with Gasteiger partial charge >= 0.3 is 6.18 Å². The van der Waals surface area contributed by atoms with E-state index in [9.17, 15) is 18.0 Å². The molecule has 0 spiro atoms. The molecule has 100 valence electrons. The molecule has 0 heterocycles. The number of hydrogen-bond acceptors (Lipinski definition) is 2. The Bertz CT molecular complexity index is 256. The Morgan fingerprint density at radius 1 is 1.29 bits per heavy atom. The molecule has 2 unspecified atom stereocenters. The highest BCUT2D eigenvalue weighted by Gasteiger charge is 2.45. The fourth-order valence-electron chi connectivity index (χ4n) is 2.26. The summed E-state index contributed by atoms with van der Waals surface area (Å²) in [7, 11) is 1.52. The molecule has 1 rings (SSSR count). The fraction of sp³-hybridized carbons (Fsp3) is 0.909. The summed E-state index contributed by atoms with van der Waals surface area (Å²) in [6, 6.07) is -0.534. The van der Waals surface area contributed by atoms with Gasteiger partial charge in [-0.25, -0.2) is 0 Å². The molecule has 1 amide bonds. The van der Waals surface area contributed by atoms with Crippen LogP contribution in [0.4, 0.5) is 13.2 Å². The van der Waals surface area contributed by atoms with Crippen LogP contribution in [0.1, 0.15) is 32.1 Å². The first-order valence-electron chi connectivity index (χ1n) is 5.96.